The maximum Gasteiger partial charge on any atom is 0.314 e. The Balaban J connectivity index is 1.45. The third-order valence-electron chi connectivity index (χ3n) is 5.22. The quantitative estimate of drug-likeness (QED) is 0.713. The molecule has 28 heavy (non-hydrogen) atoms. The average molecular weight is 403 g/mol. The molecule has 0 unspecified atom stereocenters. The van der Waals surface area contributed by atoms with Gasteiger partial charge >= 0.3 is 6.03 Å². The van der Waals surface area contributed by atoms with Gasteiger partial charge in [0.15, 0.2) is 0 Å². The third-order valence-corrected chi connectivity index (χ3v) is 5.92. The van der Waals surface area contributed by atoms with E-state index in [-0.39, 0.29) is 12.1 Å². The van der Waals surface area contributed by atoms with E-state index < -0.39 is 0 Å². The molecule has 2 heterocycles. The van der Waals surface area contributed by atoms with Crippen molar-refractivity contribution in [2.45, 2.75) is 12.5 Å². The second-order valence-corrected chi connectivity index (χ2v) is 7.93. The topological polar surface area (TPSA) is 56.8 Å². The average Bonchev–Trinajstić information content (AvgIpc) is 3.24. The Bertz CT molecular complexity index is 713. The second kappa shape index (κ2) is 10.5. The lowest BCUT2D eigenvalue weighted by molar-refractivity contribution is 0.111. The minimum atomic E-state index is -0.108. The predicted octanol–water partition coefficient (Wildman–Crippen LogP) is 2.59. The van der Waals surface area contributed by atoms with Gasteiger partial charge in [-0.15, -0.1) is 0 Å². The zero-order valence-electron chi connectivity index (χ0n) is 16.7. The highest BCUT2D eigenvalue weighted by atomic mass is 32.1. The van der Waals surface area contributed by atoms with Gasteiger partial charge in [-0.25, -0.2) is 4.79 Å². The molecule has 6 nitrogen and oxygen atoms in total. The van der Waals surface area contributed by atoms with Gasteiger partial charge in [0, 0.05) is 39.3 Å². The van der Waals surface area contributed by atoms with Gasteiger partial charge in [-0.3, -0.25) is 4.90 Å². The van der Waals surface area contributed by atoms with Crippen LogP contribution >= 0.6 is 11.3 Å². The van der Waals surface area contributed by atoms with Crippen molar-refractivity contribution >= 4 is 17.4 Å². The van der Waals surface area contributed by atoms with Crippen molar-refractivity contribution in [1.29, 1.82) is 0 Å². The zero-order chi connectivity index (χ0) is 19.8. The molecule has 2 aromatic rings. The summed E-state index contributed by atoms with van der Waals surface area (Å²) < 4.78 is 5.17. The largest absolute Gasteiger partial charge is 0.497 e. The Hall–Kier alpha value is -2.09. The van der Waals surface area contributed by atoms with Crippen LogP contribution in [-0.4, -0.2) is 69.3 Å². The first-order chi connectivity index (χ1) is 13.7. The van der Waals surface area contributed by atoms with Gasteiger partial charge in [0.1, 0.15) is 5.75 Å². The Morgan fingerprint density at radius 2 is 1.89 bits per heavy atom. The lowest BCUT2D eigenvalue weighted by Crippen LogP contribution is -2.49. The summed E-state index contributed by atoms with van der Waals surface area (Å²) in [6.07, 6.45) is 0.795. The highest BCUT2D eigenvalue weighted by molar-refractivity contribution is 7.07. The van der Waals surface area contributed by atoms with E-state index in [0.717, 1.165) is 38.3 Å². The minimum Gasteiger partial charge on any atom is -0.497 e. The zero-order valence-corrected chi connectivity index (χ0v) is 17.5. The first-order valence-electron chi connectivity index (χ1n) is 9.75. The molecule has 0 aliphatic carbocycles. The number of urea groups is 1. The summed E-state index contributed by atoms with van der Waals surface area (Å²) in [6.45, 7) is 5.41. The van der Waals surface area contributed by atoms with Crippen LogP contribution in [0.15, 0.2) is 41.1 Å². The number of hydrogen-bond acceptors (Lipinski definition) is 5. The first-order valence-corrected chi connectivity index (χ1v) is 10.7. The smallest absolute Gasteiger partial charge is 0.314 e. The molecule has 1 atom stereocenters. The SMILES string of the molecule is COc1ccc(CCNC(=O)NC[C@H](c2ccsc2)N2CCN(C)CC2)cc1. The van der Waals surface area contributed by atoms with E-state index in [0.29, 0.717) is 13.1 Å². The number of likely N-dealkylation sites (N-methyl/N-ethyl adjacent to an activating group) is 1. The fourth-order valence-corrected chi connectivity index (χ4v) is 4.13. The van der Waals surface area contributed by atoms with Crippen LogP contribution in [0.1, 0.15) is 17.2 Å². The number of benzene rings is 1. The Labute approximate surface area is 171 Å². The highest BCUT2D eigenvalue weighted by Crippen LogP contribution is 2.23. The van der Waals surface area contributed by atoms with Crippen LogP contribution in [-0.2, 0) is 6.42 Å². The molecule has 0 radical (unpaired) electrons. The number of carbonyl (C=O) groups is 1. The van der Waals surface area contributed by atoms with Gasteiger partial charge in [0.2, 0.25) is 0 Å². The minimum absolute atomic E-state index is 0.108. The molecular weight excluding hydrogens is 372 g/mol. The first kappa shape index (κ1) is 20.6. The lowest BCUT2D eigenvalue weighted by atomic mass is 10.1. The summed E-state index contributed by atoms with van der Waals surface area (Å²) in [7, 11) is 3.82. The fraction of sp³-hybridized carbons (Fsp3) is 0.476. The van der Waals surface area contributed by atoms with Crippen LogP contribution in [0.2, 0.25) is 0 Å². The summed E-state index contributed by atoms with van der Waals surface area (Å²) in [5.41, 5.74) is 2.46. The van der Waals surface area contributed by atoms with Crippen LogP contribution in [0.4, 0.5) is 4.79 Å². The van der Waals surface area contributed by atoms with Crippen LogP contribution in [0, 0.1) is 0 Å². The van der Waals surface area contributed by atoms with Gasteiger partial charge in [0.25, 0.3) is 0 Å². The number of methoxy groups -OCH3 is 1. The predicted molar refractivity (Wildman–Crippen MR) is 114 cm³/mol. The van der Waals surface area contributed by atoms with Crippen LogP contribution in [0.25, 0.3) is 0 Å². The maximum absolute atomic E-state index is 12.3. The number of ether oxygens (including phenoxy) is 1. The third kappa shape index (κ3) is 5.95. The monoisotopic (exact) mass is 402 g/mol. The maximum atomic E-state index is 12.3. The molecule has 1 aromatic heterocycles. The number of nitrogens with one attached hydrogen (secondary N) is 2. The Morgan fingerprint density at radius 1 is 1.14 bits per heavy atom. The molecule has 0 saturated carbocycles. The molecule has 1 aliphatic rings. The number of piperazine rings is 1. The fourth-order valence-electron chi connectivity index (χ4n) is 3.42. The van der Waals surface area contributed by atoms with E-state index in [2.05, 4.69) is 44.3 Å². The molecule has 7 heteroatoms. The van der Waals surface area contributed by atoms with Crippen LogP contribution in [0.3, 0.4) is 0 Å². The summed E-state index contributed by atoms with van der Waals surface area (Å²) >= 11 is 1.71. The number of hydrogen-bond donors (Lipinski definition) is 2. The molecule has 3 rings (SSSR count). The number of carbonyl (C=O) groups excluding carboxylic acids is 1. The van der Waals surface area contributed by atoms with E-state index in [9.17, 15) is 4.79 Å². The van der Waals surface area contributed by atoms with Crippen LogP contribution in [0.5, 0.6) is 5.75 Å². The lowest BCUT2D eigenvalue weighted by Gasteiger charge is -2.38. The highest BCUT2D eigenvalue weighted by Gasteiger charge is 2.24. The van der Waals surface area contributed by atoms with E-state index in [4.69, 9.17) is 4.74 Å². The summed E-state index contributed by atoms with van der Waals surface area (Å²) in [4.78, 5) is 17.1. The molecule has 0 bridgehead atoms. The molecule has 0 spiro atoms. The molecule has 152 valence electrons. The normalized spacial score (nSPS) is 16.5. The molecule has 1 saturated heterocycles. The number of thiophene rings is 1. The number of amides is 2. The Kier molecular flexibility index (Phi) is 7.71. The van der Waals surface area contributed by atoms with Gasteiger partial charge in [-0.2, -0.15) is 11.3 Å². The molecule has 1 aliphatic heterocycles. The Morgan fingerprint density at radius 3 is 2.54 bits per heavy atom. The van der Waals surface area contributed by atoms with Crippen molar-refractivity contribution in [3.05, 3.63) is 52.2 Å². The van der Waals surface area contributed by atoms with Crippen molar-refractivity contribution < 1.29 is 9.53 Å². The molecular formula is C21H30N4O2S. The van der Waals surface area contributed by atoms with E-state index in [1.54, 1.807) is 18.4 Å². The number of nitrogens with zero attached hydrogens (tertiary/aromatic N) is 2. The molecule has 2 amide bonds. The van der Waals surface area contributed by atoms with Gasteiger partial charge in [-0.05, 0) is 53.6 Å². The van der Waals surface area contributed by atoms with Crippen molar-refractivity contribution in [3.63, 3.8) is 0 Å². The van der Waals surface area contributed by atoms with E-state index >= 15 is 0 Å². The van der Waals surface area contributed by atoms with Gasteiger partial charge in [0.05, 0.1) is 13.2 Å². The summed E-state index contributed by atoms with van der Waals surface area (Å²) in [5, 5.41) is 10.3. The van der Waals surface area contributed by atoms with E-state index in [1.807, 2.05) is 24.3 Å². The summed E-state index contributed by atoms with van der Waals surface area (Å²) in [6, 6.07) is 10.2. The van der Waals surface area contributed by atoms with Crippen molar-refractivity contribution in [2.24, 2.45) is 0 Å². The van der Waals surface area contributed by atoms with Crippen molar-refractivity contribution in [3.8, 4) is 5.75 Å². The molecule has 1 fully saturated rings. The van der Waals surface area contributed by atoms with Crippen LogP contribution < -0.4 is 15.4 Å². The second-order valence-electron chi connectivity index (χ2n) is 7.15. The molecule has 1 aromatic carbocycles. The van der Waals surface area contributed by atoms with E-state index in [1.165, 1.54) is 11.1 Å². The van der Waals surface area contributed by atoms with Crippen molar-refractivity contribution in [2.75, 3.05) is 53.4 Å². The molecule has 2 N–H and O–H groups in total. The van der Waals surface area contributed by atoms with Gasteiger partial charge in [-0.1, -0.05) is 12.1 Å². The summed E-state index contributed by atoms with van der Waals surface area (Å²) in [5.74, 6) is 0.845. The number of rotatable bonds is 8. The van der Waals surface area contributed by atoms with Gasteiger partial charge < -0.3 is 20.3 Å². The standard InChI is InChI=1S/C21H30N4O2S/c1-24-10-12-25(13-11-24)20(18-8-14-28-16-18)15-23-21(26)22-9-7-17-3-5-19(27-2)6-4-17/h3-6,8,14,16,20H,7,9-13,15H2,1-2H3,(H2,22,23,26)/t20-/m1/s1. The van der Waals surface area contributed by atoms with Crippen molar-refractivity contribution in [1.82, 2.24) is 20.4 Å².